The van der Waals surface area contributed by atoms with E-state index in [0.29, 0.717) is 0 Å². The zero-order chi connectivity index (χ0) is 17.7. The van der Waals surface area contributed by atoms with Crippen molar-refractivity contribution in [1.29, 1.82) is 8.59 Å². The van der Waals surface area contributed by atoms with E-state index >= 15 is 0 Å². The summed E-state index contributed by atoms with van der Waals surface area (Å²) in [5.41, 5.74) is 0. The maximum absolute atomic E-state index is 9.58. The van der Waals surface area contributed by atoms with Crippen LogP contribution in [0.1, 0.15) is 0 Å². The fourth-order valence-electron chi connectivity index (χ4n) is 0. The van der Waals surface area contributed by atoms with Gasteiger partial charge >= 0.3 is 17.4 Å². The molecule has 0 aromatic carbocycles. The molecule has 0 fully saturated rings. The van der Waals surface area contributed by atoms with E-state index in [9.17, 15) is 28.4 Å². The van der Waals surface area contributed by atoms with E-state index in [2.05, 4.69) is 29.4 Å². The first-order chi connectivity index (χ1) is 9.36. The van der Waals surface area contributed by atoms with Crippen LogP contribution < -0.4 is 14.7 Å². The van der Waals surface area contributed by atoms with Gasteiger partial charge in [0, 0.05) is 0 Å². The first-order valence-corrected chi connectivity index (χ1v) is 6.57. The first-order valence-electron chi connectivity index (χ1n) is 4.64. The fourth-order valence-corrected chi connectivity index (χ4v) is 0. The smallest absolute Gasteiger partial charge is 0.756 e. The molecule has 0 bridgehead atoms. The van der Waals surface area contributed by atoms with Crippen molar-refractivity contribution in [1.82, 2.24) is 0 Å². The molecule has 0 aromatic heterocycles. The van der Waals surface area contributed by atoms with E-state index in [1.807, 2.05) is 0 Å². The Morgan fingerprint density at radius 2 is 0.812 bits per heavy atom. The van der Waals surface area contributed by atoms with Gasteiger partial charge in [0.2, 0.25) is 8.59 Å². The van der Waals surface area contributed by atoms with Crippen LogP contribution in [0.3, 0.4) is 0 Å². The summed E-state index contributed by atoms with van der Waals surface area (Å²) in [6.07, 6.45) is 0. The van der Waals surface area contributed by atoms with Gasteiger partial charge < -0.3 is 44.1 Å². The molecule has 16 heteroatoms. The first kappa shape index (κ1) is 11.9. The molecule has 0 aliphatic rings. The van der Waals surface area contributed by atoms with Gasteiger partial charge in [-0.2, -0.15) is 0 Å². The summed E-state index contributed by atoms with van der Waals surface area (Å²) in [5.74, 6) is 0. The average Bonchev–Trinajstić information content (AvgIpc) is 2.48. The molecule has 16 heavy (non-hydrogen) atoms. The van der Waals surface area contributed by atoms with Gasteiger partial charge in [-0.1, -0.05) is 0 Å². The molecule has 0 aliphatic carbocycles. The van der Waals surface area contributed by atoms with Crippen LogP contribution in [-0.4, -0.2) is 55.3 Å². The summed E-state index contributed by atoms with van der Waals surface area (Å²) in [6.45, 7) is 0. The Balaban J connectivity index is -0.000000108. The number of hydrogen-bond donors (Lipinski definition) is 6. The van der Waals surface area contributed by atoms with E-state index in [-0.39, 0.29) is 17.4 Å². The molecule has 6 N–H and O–H groups in total. The van der Waals surface area contributed by atoms with Gasteiger partial charge in [-0.15, -0.1) is 0 Å². The number of hydrogen-bond acceptors (Lipinski definition) is 12. The van der Waals surface area contributed by atoms with Crippen molar-refractivity contribution in [3.05, 3.63) is 0 Å². The molecule has 0 amide bonds. The summed E-state index contributed by atoms with van der Waals surface area (Å²) in [4.78, 5) is 46.3. The van der Waals surface area contributed by atoms with E-state index in [1.54, 1.807) is 0 Å². The van der Waals surface area contributed by atoms with Gasteiger partial charge in [-0.25, -0.2) is 0 Å². The Labute approximate surface area is 108 Å². The van der Waals surface area contributed by atoms with Crippen LogP contribution in [0.5, 0.6) is 0 Å². The summed E-state index contributed by atoms with van der Waals surface area (Å²) in [6, 6.07) is 0. The third-order valence-corrected chi connectivity index (χ3v) is 0. The van der Waals surface area contributed by atoms with Gasteiger partial charge in [0.15, 0.2) is 0 Å². The monoisotopic (exact) mass is 324 g/mol. The standard InChI is InChI=1S/Al.3H3O4P/c;3*1-5(2,3)4/h;3*(H3,1,2,3,4)/q+3;;;/p-3/i/hD6. The Morgan fingerprint density at radius 3 is 0.812 bits per heavy atom. The third kappa shape index (κ3) is 3840. The molecule has 96 valence electrons. The summed E-state index contributed by atoms with van der Waals surface area (Å²) < 4.78 is 62.8. The Kier molecular flexibility index (Phi) is 7.34. The molecule has 0 aliphatic heterocycles. The fraction of sp³-hybridized carbons (Fsp3) is 0. The van der Waals surface area contributed by atoms with Crippen molar-refractivity contribution in [2.45, 2.75) is 0 Å². The van der Waals surface area contributed by atoms with Gasteiger partial charge in [0.1, 0.15) is 0 Å². The van der Waals surface area contributed by atoms with Crippen molar-refractivity contribution in [3.63, 3.8) is 0 Å². The van der Waals surface area contributed by atoms with E-state index in [4.69, 9.17) is 8.59 Å². The topological polar surface area (TPSA) is 242 Å². The predicted molar refractivity (Wildman–Crippen MR) is 41.9 cm³/mol. The minimum atomic E-state index is -4.57. The minimum absolute atomic E-state index is 0. The summed E-state index contributed by atoms with van der Waals surface area (Å²) >= 11 is 0. The Bertz CT molecular complexity index is 308. The second kappa shape index (κ2) is 9.85. The largest absolute Gasteiger partial charge is 3.00 e. The molecular formula is H6AlO12P3. The maximum atomic E-state index is 9.58. The van der Waals surface area contributed by atoms with Gasteiger partial charge in [0.05, 0.1) is 0 Å². The molecule has 0 saturated carbocycles. The Morgan fingerprint density at radius 1 is 0.688 bits per heavy atom. The maximum Gasteiger partial charge on any atom is 3.00 e. The predicted octanol–water partition coefficient (Wildman–Crippen LogP) is -5.06. The molecular weight excluding hydrogens is 312 g/mol. The Hall–Kier alpha value is 0.862. The van der Waals surface area contributed by atoms with Crippen LogP contribution in [-0.2, 0) is 13.7 Å². The zero-order valence-corrected chi connectivity index (χ0v) is 10.7. The molecule has 0 saturated heterocycles. The van der Waals surface area contributed by atoms with Crippen molar-refractivity contribution in [2.75, 3.05) is 0 Å². The summed E-state index contributed by atoms with van der Waals surface area (Å²) in [5, 5.41) is 0. The number of rotatable bonds is 6. The van der Waals surface area contributed by atoms with Crippen LogP contribution >= 0.6 is 23.5 Å². The molecule has 0 unspecified atom stereocenters. The molecule has 0 spiro atoms. The summed E-state index contributed by atoms with van der Waals surface area (Å²) in [7, 11) is -13.7. The molecule has 0 atom stereocenters. The molecule has 0 aromatic rings. The minimum Gasteiger partial charge on any atom is -0.756 e. The van der Waals surface area contributed by atoms with Crippen LogP contribution in [0.25, 0.3) is 0 Å². The molecule has 12 nitrogen and oxygen atoms in total. The normalized spacial score (nSPS) is 15.9. The van der Waals surface area contributed by atoms with Crippen molar-refractivity contribution < 1.29 is 57.7 Å². The third-order valence-electron chi connectivity index (χ3n) is 0. The molecule has 0 rings (SSSR count). The van der Waals surface area contributed by atoms with Crippen molar-refractivity contribution in [3.8, 4) is 0 Å². The average molecular weight is 324 g/mol. The zero-order valence-electron chi connectivity index (χ0n) is 12.8. The van der Waals surface area contributed by atoms with E-state index in [1.165, 1.54) is 0 Å². The molecule has 0 heterocycles. The van der Waals surface area contributed by atoms with Crippen LogP contribution in [0.4, 0.5) is 0 Å². The number of phosphoric acid groups is 3. The van der Waals surface area contributed by atoms with E-state index in [0.717, 1.165) is 0 Å². The van der Waals surface area contributed by atoms with Crippen LogP contribution in [0, 0.1) is 0 Å². The van der Waals surface area contributed by atoms with Crippen LogP contribution in [0.15, 0.2) is 0 Å². The van der Waals surface area contributed by atoms with Crippen LogP contribution in [0.2, 0.25) is 0 Å². The quantitative estimate of drug-likeness (QED) is 0.198. The van der Waals surface area contributed by atoms with Gasteiger partial charge in [-0.3, -0.25) is 13.7 Å². The van der Waals surface area contributed by atoms with Crippen molar-refractivity contribution >= 4 is 40.8 Å². The van der Waals surface area contributed by atoms with Crippen molar-refractivity contribution in [2.24, 2.45) is 0 Å². The van der Waals surface area contributed by atoms with Gasteiger partial charge in [-0.05, 0) is 0 Å². The van der Waals surface area contributed by atoms with E-state index < -0.39 is 23.5 Å². The van der Waals surface area contributed by atoms with Gasteiger partial charge in [0.25, 0.3) is 23.5 Å². The SMILES string of the molecule is [2H]OP(=O)([O-])O[2H].[2H]OP(=O)([O-])O[2H].[2H]OP(=O)([O-])O[2H].[Al+3]. The second-order valence-corrected chi connectivity index (χ2v) is 4.02. The second-order valence-electron chi connectivity index (χ2n) is 1.34. The molecule has 0 radical (unpaired) electrons.